The van der Waals surface area contributed by atoms with Crippen LogP contribution in [0.1, 0.15) is 26.7 Å². The largest absolute Gasteiger partial charge is 0.315 e. The van der Waals surface area contributed by atoms with E-state index in [0.29, 0.717) is 0 Å². The van der Waals surface area contributed by atoms with Crippen molar-refractivity contribution in [3.8, 4) is 0 Å². The van der Waals surface area contributed by atoms with Gasteiger partial charge in [-0.2, -0.15) is 0 Å². The SMILES string of the molecule is CCN1CCCN2CCNCCC[N+](CC)(CC2)C(Cl)(Cl)C1. The third-order valence-corrected chi connectivity index (χ3v) is 6.45. The van der Waals surface area contributed by atoms with E-state index in [0.717, 1.165) is 76.4 Å². The van der Waals surface area contributed by atoms with Crippen molar-refractivity contribution in [2.45, 2.75) is 31.1 Å². The first-order valence-corrected chi connectivity index (χ1v) is 9.68. The molecule has 0 aromatic carbocycles. The monoisotopic (exact) mass is 351 g/mol. The summed E-state index contributed by atoms with van der Waals surface area (Å²) in [6, 6.07) is 0. The molecule has 2 unspecified atom stereocenters. The van der Waals surface area contributed by atoms with Gasteiger partial charge in [-0.25, -0.2) is 0 Å². The Labute approximate surface area is 146 Å². The molecule has 2 aliphatic rings. The zero-order valence-corrected chi connectivity index (χ0v) is 15.8. The molecule has 130 valence electrons. The molecule has 1 N–H and O–H groups in total. The Balaban J connectivity index is 2.26. The minimum absolute atomic E-state index is 0.715. The maximum atomic E-state index is 6.97. The summed E-state index contributed by atoms with van der Waals surface area (Å²) in [5, 5.41) is 3.56. The lowest BCUT2D eigenvalue weighted by atomic mass is 10.2. The van der Waals surface area contributed by atoms with Crippen molar-refractivity contribution in [3.05, 3.63) is 0 Å². The van der Waals surface area contributed by atoms with Crippen LogP contribution >= 0.6 is 23.2 Å². The maximum Gasteiger partial charge on any atom is 0.263 e. The number of rotatable bonds is 2. The van der Waals surface area contributed by atoms with Gasteiger partial charge in [-0.15, -0.1) is 0 Å². The molecule has 0 saturated carbocycles. The van der Waals surface area contributed by atoms with Crippen molar-refractivity contribution in [1.29, 1.82) is 0 Å². The molecule has 4 nitrogen and oxygen atoms in total. The van der Waals surface area contributed by atoms with Gasteiger partial charge in [0.1, 0.15) is 0 Å². The second kappa shape index (κ2) is 8.50. The van der Waals surface area contributed by atoms with Crippen molar-refractivity contribution in [1.82, 2.24) is 15.1 Å². The molecule has 0 aliphatic carbocycles. The predicted octanol–water partition coefficient (Wildman–Crippen LogP) is 1.98. The lowest BCUT2D eigenvalue weighted by molar-refractivity contribution is -0.947. The molecule has 2 fully saturated rings. The van der Waals surface area contributed by atoms with Crippen molar-refractivity contribution < 1.29 is 4.48 Å². The Morgan fingerprint density at radius 2 is 1.82 bits per heavy atom. The quantitative estimate of drug-likeness (QED) is 0.466. The summed E-state index contributed by atoms with van der Waals surface area (Å²) >= 11 is 13.9. The average molecular weight is 352 g/mol. The highest BCUT2D eigenvalue weighted by atomic mass is 35.5. The van der Waals surface area contributed by atoms with Crippen molar-refractivity contribution in [2.75, 3.05) is 72.0 Å². The number of nitrogens with zero attached hydrogens (tertiary/aromatic N) is 3. The van der Waals surface area contributed by atoms with E-state index in [9.17, 15) is 0 Å². The molecule has 22 heavy (non-hydrogen) atoms. The second-order valence-electron chi connectivity index (χ2n) is 6.74. The zero-order valence-electron chi connectivity index (χ0n) is 14.3. The Kier molecular flexibility index (Phi) is 7.24. The fourth-order valence-corrected chi connectivity index (χ4v) is 4.72. The standard InChI is InChI=1S/C16H33Cl2N4/c1-3-20-9-6-10-21-11-8-19-7-5-13-22(4-2,14-12-21)16(17,18)15-20/h19H,3-15H2,1-2H3/q+1. The molecule has 2 rings (SSSR count). The fourth-order valence-electron chi connectivity index (χ4n) is 3.81. The number of nitrogens with one attached hydrogen (secondary N) is 1. The average Bonchev–Trinajstić information content (AvgIpc) is 2.51. The van der Waals surface area contributed by atoms with Crippen LogP contribution in [0, 0.1) is 0 Å². The molecule has 2 saturated heterocycles. The molecule has 2 bridgehead atoms. The van der Waals surface area contributed by atoms with E-state index in [-0.39, 0.29) is 0 Å². The van der Waals surface area contributed by atoms with Gasteiger partial charge in [0.05, 0.1) is 26.2 Å². The van der Waals surface area contributed by atoms with Crippen LogP contribution in [0.3, 0.4) is 0 Å². The first-order valence-electron chi connectivity index (χ1n) is 8.92. The van der Waals surface area contributed by atoms with Crippen LogP contribution < -0.4 is 5.32 Å². The van der Waals surface area contributed by atoms with E-state index >= 15 is 0 Å². The molecule has 6 heteroatoms. The van der Waals surface area contributed by atoms with Crippen LogP contribution in [0.5, 0.6) is 0 Å². The van der Waals surface area contributed by atoms with E-state index < -0.39 is 4.46 Å². The molecular formula is C16H33Cl2N4+. The highest BCUT2D eigenvalue weighted by molar-refractivity contribution is 6.47. The van der Waals surface area contributed by atoms with E-state index in [4.69, 9.17) is 23.2 Å². The molecule has 0 radical (unpaired) electrons. The van der Waals surface area contributed by atoms with Crippen molar-refractivity contribution in [3.63, 3.8) is 0 Å². The summed E-state index contributed by atoms with van der Waals surface area (Å²) in [6.45, 7) is 16.0. The molecule has 2 atom stereocenters. The second-order valence-corrected chi connectivity index (χ2v) is 8.19. The van der Waals surface area contributed by atoms with Crippen LogP contribution in [-0.2, 0) is 0 Å². The summed E-state index contributed by atoms with van der Waals surface area (Å²) < 4.78 is 0.0950. The van der Waals surface area contributed by atoms with E-state index in [2.05, 4.69) is 29.0 Å². The van der Waals surface area contributed by atoms with Gasteiger partial charge in [0.2, 0.25) is 0 Å². The third-order valence-electron chi connectivity index (χ3n) is 5.50. The highest BCUT2D eigenvalue weighted by Crippen LogP contribution is 2.36. The summed E-state index contributed by atoms with van der Waals surface area (Å²) in [4.78, 5) is 5.01. The first kappa shape index (κ1) is 18.8. The smallest absolute Gasteiger partial charge is 0.263 e. The van der Waals surface area contributed by atoms with Crippen LogP contribution in [-0.4, -0.2) is 90.7 Å². The van der Waals surface area contributed by atoms with Gasteiger partial charge < -0.3 is 5.32 Å². The topological polar surface area (TPSA) is 18.5 Å². The van der Waals surface area contributed by atoms with Crippen LogP contribution in [0.2, 0.25) is 0 Å². The fraction of sp³-hybridized carbons (Fsp3) is 1.00. The van der Waals surface area contributed by atoms with E-state index in [1.807, 2.05) is 0 Å². The first-order chi connectivity index (χ1) is 10.5. The van der Waals surface area contributed by atoms with Gasteiger partial charge in [0, 0.05) is 32.6 Å². The molecule has 0 aromatic rings. The van der Waals surface area contributed by atoms with Crippen LogP contribution in [0.15, 0.2) is 0 Å². The van der Waals surface area contributed by atoms with Gasteiger partial charge in [0.15, 0.2) is 0 Å². The van der Waals surface area contributed by atoms with Gasteiger partial charge in [0.25, 0.3) is 4.46 Å². The van der Waals surface area contributed by atoms with Gasteiger partial charge in [-0.1, -0.05) is 6.92 Å². The Bertz CT molecular complexity index is 340. The van der Waals surface area contributed by atoms with Gasteiger partial charge in [-0.3, -0.25) is 14.3 Å². The molecule has 2 aliphatic heterocycles. The lowest BCUT2D eigenvalue weighted by Crippen LogP contribution is -2.66. The molecular weight excluding hydrogens is 319 g/mol. The number of hydrogen-bond donors (Lipinski definition) is 1. The minimum Gasteiger partial charge on any atom is -0.315 e. The number of alkyl halides is 2. The van der Waals surface area contributed by atoms with Gasteiger partial charge >= 0.3 is 0 Å². The van der Waals surface area contributed by atoms with Crippen molar-refractivity contribution >= 4 is 23.2 Å². The number of hydrogen-bond acceptors (Lipinski definition) is 3. The van der Waals surface area contributed by atoms with Crippen LogP contribution in [0.4, 0.5) is 0 Å². The number of likely N-dealkylation sites (N-methyl/N-ethyl adjacent to an activating group) is 2. The molecule has 0 spiro atoms. The molecule has 0 amide bonds. The van der Waals surface area contributed by atoms with Crippen molar-refractivity contribution in [2.24, 2.45) is 0 Å². The normalized spacial score (nSPS) is 35.2. The minimum atomic E-state index is -0.715. The summed E-state index contributed by atoms with van der Waals surface area (Å²) in [5.74, 6) is 0. The van der Waals surface area contributed by atoms with E-state index in [1.165, 1.54) is 13.0 Å². The third kappa shape index (κ3) is 4.49. The Morgan fingerprint density at radius 3 is 2.55 bits per heavy atom. The predicted molar refractivity (Wildman–Crippen MR) is 95.6 cm³/mol. The van der Waals surface area contributed by atoms with E-state index in [1.54, 1.807) is 0 Å². The summed E-state index contributed by atoms with van der Waals surface area (Å²) in [5.41, 5.74) is 0. The van der Waals surface area contributed by atoms with Gasteiger partial charge in [-0.05, 0) is 56.2 Å². The zero-order chi connectivity index (χ0) is 16.1. The maximum absolute atomic E-state index is 6.97. The summed E-state index contributed by atoms with van der Waals surface area (Å²) in [6.07, 6.45) is 2.34. The highest BCUT2D eigenvalue weighted by Gasteiger charge is 2.48. The molecule has 0 aromatic heterocycles. The number of halogens is 2. The Morgan fingerprint density at radius 1 is 1.00 bits per heavy atom. The summed E-state index contributed by atoms with van der Waals surface area (Å²) in [7, 11) is 0. The van der Waals surface area contributed by atoms with Crippen LogP contribution in [0.25, 0.3) is 0 Å². The number of quaternary nitrogens is 1. The Hall–Kier alpha value is 0.420. The molecule has 2 heterocycles. The lowest BCUT2D eigenvalue weighted by Gasteiger charge is -2.49. The number of fused-ring (bicyclic) bond motifs is 3.